The minimum Gasteiger partial charge on any atom is -0.309 e. The number of allylic oxidation sites excluding steroid dienone is 1. The Morgan fingerprint density at radius 2 is 2.06 bits per heavy atom. The number of likely N-dealkylation sites (tertiary alicyclic amines) is 1. The number of anilines is 1. The average Bonchev–Trinajstić information content (AvgIpc) is 3.40. The van der Waals surface area contributed by atoms with Gasteiger partial charge in [0.2, 0.25) is 5.91 Å². The third kappa shape index (κ3) is 6.22. The van der Waals surface area contributed by atoms with Crippen LogP contribution in [0.5, 0.6) is 0 Å². The summed E-state index contributed by atoms with van der Waals surface area (Å²) in [7, 11) is 0. The van der Waals surface area contributed by atoms with Gasteiger partial charge in [0.15, 0.2) is 5.82 Å². The molecule has 0 bridgehead atoms. The Morgan fingerprint density at radius 1 is 1.20 bits per heavy atom. The van der Waals surface area contributed by atoms with Crippen molar-refractivity contribution in [3.05, 3.63) is 71.8 Å². The van der Waals surface area contributed by atoms with Crippen LogP contribution in [-0.4, -0.2) is 50.6 Å². The fourth-order valence-electron chi connectivity index (χ4n) is 4.56. The monoisotopic (exact) mass is 470 g/mol. The topological polar surface area (TPSA) is 86.8 Å². The molecule has 1 saturated carbocycles. The van der Waals surface area contributed by atoms with Gasteiger partial charge >= 0.3 is 0 Å². The van der Waals surface area contributed by atoms with Crippen molar-refractivity contribution in [2.24, 2.45) is 0 Å². The maximum absolute atomic E-state index is 12.9. The van der Waals surface area contributed by atoms with E-state index in [1.165, 1.54) is 38.8 Å². The number of amides is 1. The van der Waals surface area contributed by atoms with Gasteiger partial charge < -0.3 is 5.32 Å². The summed E-state index contributed by atoms with van der Waals surface area (Å²) in [6.07, 6.45) is 15.0. The van der Waals surface area contributed by atoms with Gasteiger partial charge in [-0.15, -0.1) is 0 Å². The van der Waals surface area contributed by atoms with E-state index >= 15 is 0 Å². The van der Waals surface area contributed by atoms with Gasteiger partial charge in [-0.3, -0.25) is 19.8 Å². The largest absolute Gasteiger partial charge is 0.309 e. The van der Waals surface area contributed by atoms with Gasteiger partial charge in [-0.05, 0) is 70.2 Å². The van der Waals surface area contributed by atoms with Crippen LogP contribution in [0.2, 0.25) is 0 Å². The van der Waals surface area contributed by atoms with Gasteiger partial charge in [0.1, 0.15) is 0 Å². The van der Waals surface area contributed by atoms with Crippen molar-refractivity contribution in [1.29, 1.82) is 0 Å². The molecule has 3 aromatic rings. The van der Waals surface area contributed by atoms with Crippen LogP contribution in [0.1, 0.15) is 67.8 Å². The molecule has 1 atom stereocenters. The van der Waals surface area contributed by atoms with E-state index in [-0.39, 0.29) is 11.8 Å². The number of aromatic amines is 1. The Kier molecular flexibility index (Phi) is 7.33. The number of benzene rings is 1. The first-order valence-corrected chi connectivity index (χ1v) is 12.8. The number of hydrogen-bond donors (Lipinski definition) is 2. The summed E-state index contributed by atoms with van der Waals surface area (Å²) in [5.41, 5.74) is 4.83. The first kappa shape index (κ1) is 23.4. The van der Waals surface area contributed by atoms with E-state index in [0.29, 0.717) is 11.7 Å². The zero-order chi connectivity index (χ0) is 24.0. The molecule has 0 radical (unpaired) electrons. The highest BCUT2D eigenvalue weighted by atomic mass is 16.1. The fraction of sp³-hybridized carbons (Fsp3) is 0.429. The first-order valence-electron chi connectivity index (χ1n) is 12.8. The van der Waals surface area contributed by atoms with E-state index < -0.39 is 0 Å². The van der Waals surface area contributed by atoms with Gasteiger partial charge in [0.25, 0.3) is 0 Å². The predicted octanol–water partition coefficient (Wildman–Crippen LogP) is 5.07. The van der Waals surface area contributed by atoms with Crippen LogP contribution >= 0.6 is 0 Å². The maximum Gasteiger partial charge on any atom is 0.232 e. The van der Waals surface area contributed by atoms with Crippen molar-refractivity contribution in [2.45, 2.75) is 57.3 Å². The number of aromatic nitrogens is 4. The van der Waals surface area contributed by atoms with E-state index in [0.717, 1.165) is 47.6 Å². The first-order chi connectivity index (χ1) is 17.2. The third-order valence-corrected chi connectivity index (χ3v) is 6.92. The van der Waals surface area contributed by atoms with Crippen LogP contribution in [0, 0.1) is 0 Å². The van der Waals surface area contributed by atoms with Crippen LogP contribution in [0.15, 0.2) is 54.9 Å². The molecule has 1 aliphatic carbocycles. The molecule has 182 valence electrons. The Bertz CT molecular complexity index is 1180. The second-order valence-corrected chi connectivity index (χ2v) is 9.73. The molecule has 0 spiro atoms. The Balaban J connectivity index is 1.19. The number of carbonyl (C=O) groups excluding carboxylic acids is 1. The molecule has 7 nitrogen and oxygen atoms in total. The van der Waals surface area contributed by atoms with Gasteiger partial charge in [0.05, 0.1) is 23.5 Å². The Labute approximate surface area is 207 Å². The van der Waals surface area contributed by atoms with Crippen LogP contribution in [-0.2, 0) is 11.2 Å². The van der Waals surface area contributed by atoms with E-state index in [4.69, 9.17) is 4.98 Å². The minimum absolute atomic E-state index is 0.0726. The molecule has 7 heteroatoms. The fourth-order valence-corrected chi connectivity index (χ4v) is 4.56. The Morgan fingerprint density at radius 3 is 2.89 bits per heavy atom. The average molecular weight is 471 g/mol. The number of H-pyrrole nitrogens is 1. The molecule has 35 heavy (non-hydrogen) atoms. The number of nitrogens with zero attached hydrogens (tertiary/aromatic N) is 4. The van der Waals surface area contributed by atoms with Gasteiger partial charge in [-0.2, -0.15) is 5.10 Å². The van der Waals surface area contributed by atoms with E-state index in [9.17, 15) is 4.79 Å². The molecule has 2 N–H and O–H groups in total. The number of rotatable bonds is 10. The smallest absolute Gasteiger partial charge is 0.232 e. The normalized spacial score (nSPS) is 17.2. The van der Waals surface area contributed by atoms with Gasteiger partial charge in [-0.25, -0.2) is 4.98 Å². The molecule has 2 fully saturated rings. The molecule has 1 saturated heterocycles. The number of carbonyl (C=O) groups is 1. The van der Waals surface area contributed by atoms with Crippen molar-refractivity contribution in [1.82, 2.24) is 25.1 Å². The van der Waals surface area contributed by atoms with Crippen molar-refractivity contribution in [3.8, 4) is 11.3 Å². The molecule has 1 amide bonds. The molecule has 1 aromatic carbocycles. The minimum atomic E-state index is -0.312. The van der Waals surface area contributed by atoms with Crippen LogP contribution in [0.25, 0.3) is 11.3 Å². The molecule has 2 aliphatic rings. The summed E-state index contributed by atoms with van der Waals surface area (Å²) in [6, 6.07) is 9.96. The van der Waals surface area contributed by atoms with Crippen LogP contribution in [0.3, 0.4) is 0 Å². The molecular formula is C28H34N6O. The SMILES string of the molecule is CC(C(=O)Nc1cc(C2CC2)[nH]n1)c1cccc(-c2cncc(CC/C=C/CN3CCCC3)n2)c1. The second-order valence-electron chi connectivity index (χ2n) is 9.73. The molecule has 1 unspecified atom stereocenters. The lowest BCUT2D eigenvalue weighted by Crippen LogP contribution is -2.19. The van der Waals surface area contributed by atoms with Crippen LogP contribution < -0.4 is 5.32 Å². The molecule has 3 heterocycles. The zero-order valence-corrected chi connectivity index (χ0v) is 20.4. The summed E-state index contributed by atoms with van der Waals surface area (Å²) in [5.74, 6) is 0.780. The molecule has 5 rings (SSSR count). The highest BCUT2D eigenvalue weighted by molar-refractivity contribution is 5.95. The summed E-state index contributed by atoms with van der Waals surface area (Å²) in [4.78, 5) is 24.6. The zero-order valence-electron chi connectivity index (χ0n) is 20.4. The number of hydrogen-bond acceptors (Lipinski definition) is 5. The molecule has 2 aromatic heterocycles. The Hall–Kier alpha value is -3.32. The standard InChI is InChI=1S/C28H34N6O/c1-20(28(35)31-27-17-25(32-33-27)21-11-12-21)22-8-7-9-23(16-22)26-19-29-18-24(30-26)10-3-2-4-13-34-14-5-6-15-34/h2,4,7-9,16-21H,3,5-6,10-15H2,1H3,(H2,31,32,33,35)/b4-2+. The summed E-state index contributed by atoms with van der Waals surface area (Å²) >= 11 is 0. The van der Waals surface area contributed by atoms with Gasteiger partial charge in [-0.1, -0.05) is 30.4 Å². The van der Waals surface area contributed by atoms with E-state index in [1.807, 2.05) is 43.5 Å². The molecule has 1 aliphatic heterocycles. The van der Waals surface area contributed by atoms with Gasteiger partial charge in [0, 0.05) is 36.0 Å². The summed E-state index contributed by atoms with van der Waals surface area (Å²) in [6.45, 7) is 5.41. The number of aryl methyl sites for hydroxylation is 1. The predicted molar refractivity (Wildman–Crippen MR) is 138 cm³/mol. The van der Waals surface area contributed by atoms with Crippen molar-refractivity contribution in [2.75, 3.05) is 25.0 Å². The lowest BCUT2D eigenvalue weighted by molar-refractivity contribution is -0.117. The second kappa shape index (κ2) is 11.0. The van der Waals surface area contributed by atoms with E-state index in [1.54, 1.807) is 6.20 Å². The third-order valence-electron chi connectivity index (χ3n) is 6.92. The quantitative estimate of drug-likeness (QED) is 0.404. The number of nitrogens with one attached hydrogen (secondary N) is 2. The molecular weight excluding hydrogens is 436 g/mol. The van der Waals surface area contributed by atoms with Crippen LogP contribution in [0.4, 0.5) is 5.82 Å². The lowest BCUT2D eigenvalue weighted by atomic mass is 9.97. The van der Waals surface area contributed by atoms with Crippen molar-refractivity contribution in [3.63, 3.8) is 0 Å². The highest BCUT2D eigenvalue weighted by Crippen LogP contribution is 2.39. The summed E-state index contributed by atoms with van der Waals surface area (Å²) < 4.78 is 0. The highest BCUT2D eigenvalue weighted by Gasteiger charge is 2.26. The lowest BCUT2D eigenvalue weighted by Gasteiger charge is -2.13. The summed E-state index contributed by atoms with van der Waals surface area (Å²) in [5, 5.41) is 10.2. The van der Waals surface area contributed by atoms with Crippen molar-refractivity contribution >= 4 is 11.7 Å². The van der Waals surface area contributed by atoms with E-state index in [2.05, 4.69) is 37.6 Å². The van der Waals surface area contributed by atoms with Crippen molar-refractivity contribution < 1.29 is 4.79 Å². The maximum atomic E-state index is 12.9.